The van der Waals surface area contributed by atoms with E-state index in [1.54, 1.807) is 0 Å². The Hall–Kier alpha value is -1.69. The Morgan fingerprint density at radius 2 is 2.24 bits per heavy atom. The third kappa shape index (κ3) is 4.39. The minimum absolute atomic E-state index is 0.374. The number of halogens is 2. The number of alkyl halides is 2. The SMILES string of the molecule is CCOc1ccccc1CCNC(=O)C1CC(F)(F)CN1. The van der Waals surface area contributed by atoms with E-state index in [1.807, 2.05) is 31.2 Å². The van der Waals surface area contributed by atoms with Crippen LogP contribution in [0.1, 0.15) is 18.9 Å². The molecule has 0 bridgehead atoms. The first-order valence-electron chi connectivity index (χ1n) is 7.11. The van der Waals surface area contributed by atoms with Crippen LogP contribution in [0.4, 0.5) is 8.78 Å². The molecule has 1 aliphatic heterocycles. The molecule has 0 radical (unpaired) electrons. The first-order chi connectivity index (χ1) is 10.0. The van der Waals surface area contributed by atoms with Gasteiger partial charge in [-0.15, -0.1) is 0 Å². The molecule has 1 amide bonds. The molecule has 1 unspecified atom stereocenters. The standard InChI is InChI=1S/C15H20F2N2O2/c1-2-21-13-6-4-3-5-11(13)7-8-18-14(20)12-9-15(16,17)10-19-12/h3-6,12,19H,2,7-10H2,1H3,(H,18,20). The van der Waals surface area contributed by atoms with Crippen molar-refractivity contribution in [2.45, 2.75) is 31.7 Å². The van der Waals surface area contributed by atoms with Crippen molar-refractivity contribution in [2.75, 3.05) is 19.7 Å². The van der Waals surface area contributed by atoms with E-state index in [0.29, 0.717) is 19.6 Å². The van der Waals surface area contributed by atoms with Crippen molar-refractivity contribution in [3.8, 4) is 5.75 Å². The van der Waals surface area contributed by atoms with Crippen LogP contribution in [-0.4, -0.2) is 37.6 Å². The molecule has 1 fully saturated rings. The molecule has 1 aromatic rings. The summed E-state index contributed by atoms with van der Waals surface area (Å²) in [6.07, 6.45) is 0.166. The fourth-order valence-corrected chi connectivity index (χ4v) is 2.35. The average Bonchev–Trinajstić information content (AvgIpc) is 2.81. The molecule has 0 saturated carbocycles. The normalized spacial score (nSPS) is 20.2. The minimum atomic E-state index is -2.79. The maximum atomic E-state index is 13.0. The zero-order valence-electron chi connectivity index (χ0n) is 12.0. The van der Waals surface area contributed by atoms with Crippen LogP contribution < -0.4 is 15.4 Å². The van der Waals surface area contributed by atoms with E-state index in [9.17, 15) is 13.6 Å². The summed E-state index contributed by atoms with van der Waals surface area (Å²) in [5.41, 5.74) is 0.990. The lowest BCUT2D eigenvalue weighted by molar-refractivity contribution is -0.123. The molecule has 1 saturated heterocycles. The van der Waals surface area contributed by atoms with Gasteiger partial charge in [-0.1, -0.05) is 18.2 Å². The van der Waals surface area contributed by atoms with E-state index >= 15 is 0 Å². The topological polar surface area (TPSA) is 50.4 Å². The van der Waals surface area contributed by atoms with Gasteiger partial charge in [-0.3, -0.25) is 10.1 Å². The van der Waals surface area contributed by atoms with Crippen molar-refractivity contribution in [2.24, 2.45) is 0 Å². The third-order valence-corrected chi connectivity index (χ3v) is 3.39. The Labute approximate surface area is 122 Å². The number of carbonyl (C=O) groups is 1. The molecule has 1 aromatic carbocycles. The van der Waals surface area contributed by atoms with Crippen LogP contribution in [0.15, 0.2) is 24.3 Å². The van der Waals surface area contributed by atoms with Crippen LogP contribution in [0.25, 0.3) is 0 Å². The van der Waals surface area contributed by atoms with Crippen molar-refractivity contribution in [3.05, 3.63) is 29.8 Å². The summed E-state index contributed by atoms with van der Waals surface area (Å²) in [6, 6.07) is 6.79. The van der Waals surface area contributed by atoms with Crippen LogP contribution in [0.2, 0.25) is 0 Å². The molecule has 1 heterocycles. The van der Waals surface area contributed by atoms with Gasteiger partial charge in [0.05, 0.1) is 19.2 Å². The van der Waals surface area contributed by atoms with Gasteiger partial charge >= 0.3 is 0 Å². The van der Waals surface area contributed by atoms with Gasteiger partial charge in [0.2, 0.25) is 5.91 Å². The Balaban J connectivity index is 1.81. The lowest BCUT2D eigenvalue weighted by atomic mass is 10.1. The molecule has 2 rings (SSSR count). The van der Waals surface area contributed by atoms with Crippen LogP contribution in [0, 0.1) is 0 Å². The number of para-hydroxylation sites is 1. The monoisotopic (exact) mass is 298 g/mol. The quantitative estimate of drug-likeness (QED) is 0.841. The summed E-state index contributed by atoms with van der Waals surface area (Å²) in [6.45, 7) is 2.44. The van der Waals surface area contributed by atoms with Crippen molar-refractivity contribution in [1.29, 1.82) is 0 Å². The molecule has 0 spiro atoms. The van der Waals surface area contributed by atoms with Gasteiger partial charge in [-0.2, -0.15) is 0 Å². The number of rotatable bonds is 6. The second kappa shape index (κ2) is 6.85. The maximum Gasteiger partial charge on any atom is 0.262 e. The second-order valence-electron chi connectivity index (χ2n) is 5.08. The number of amides is 1. The highest BCUT2D eigenvalue weighted by Gasteiger charge is 2.42. The Morgan fingerprint density at radius 1 is 1.48 bits per heavy atom. The molecule has 6 heteroatoms. The lowest BCUT2D eigenvalue weighted by Crippen LogP contribution is -2.41. The molecule has 1 aliphatic rings. The molecular formula is C15H20F2N2O2. The van der Waals surface area contributed by atoms with Gasteiger partial charge in [-0.25, -0.2) is 8.78 Å². The van der Waals surface area contributed by atoms with Crippen LogP contribution in [0.5, 0.6) is 5.75 Å². The number of carbonyl (C=O) groups excluding carboxylic acids is 1. The third-order valence-electron chi connectivity index (χ3n) is 3.39. The second-order valence-corrected chi connectivity index (χ2v) is 5.08. The molecule has 116 valence electrons. The smallest absolute Gasteiger partial charge is 0.262 e. The summed E-state index contributed by atoms with van der Waals surface area (Å²) >= 11 is 0. The zero-order chi connectivity index (χ0) is 15.3. The molecule has 21 heavy (non-hydrogen) atoms. The average molecular weight is 298 g/mol. The van der Waals surface area contributed by atoms with Gasteiger partial charge in [0, 0.05) is 13.0 Å². The predicted molar refractivity (Wildman–Crippen MR) is 75.7 cm³/mol. The number of hydrogen-bond donors (Lipinski definition) is 2. The van der Waals surface area contributed by atoms with Gasteiger partial charge in [0.15, 0.2) is 0 Å². The molecule has 2 N–H and O–H groups in total. The van der Waals surface area contributed by atoms with Crippen molar-refractivity contribution in [1.82, 2.24) is 10.6 Å². The van der Waals surface area contributed by atoms with E-state index in [2.05, 4.69) is 10.6 Å². The van der Waals surface area contributed by atoms with E-state index in [-0.39, 0.29) is 5.91 Å². The van der Waals surface area contributed by atoms with Gasteiger partial charge in [0.1, 0.15) is 5.75 Å². The maximum absolute atomic E-state index is 13.0. The molecule has 0 aromatic heterocycles. The Kier molecular flexibility index (Phi) is 5.12. The van der Waals surface area contributed by atoms with Gasteiger partial charge in [0.25, 0.3) is 5.92 Å². The van der Waals surface area contributed by atoms with Crippen molar-refractivity contribution < 1.29 is 18.3 Å². The number of ether oxygens (including phenoxy) is 1. The number of nitrogens with one attached hydrogen (secondary N) is 2. The Bertz CT molecular complexity index is 494. The molecule has 0 aliphatic carbocycles. The van der Waals surface area contributed by atoms with E-state index in [1.165, 1.54) is 0 Å². The number of hydrogen-bond acceptors (Lipinski definition) is 3. The number of benzene rings is 1. The van der Waals surface area contributed by atoms with Gasteiger partial charge < -0.3 is 10.1 Å². The molecule has 4 nitrogen and oxygen atoms in total. The summed E-state index contributed by atoms with van der Waals surface area (Å²) in [5, 5.41) is 5.23. The molecular weight excluding hydrogens is 278 g/mol. The highest BCUT2D eigenvalue weighted by atomic mass is 19.3. The van der Waals surface area contributed by atoms with Crippen LogP contribution in [0.3, 0.4) is 0 Å². The highest BCUT2D eigenvalue weighted by molar-refractivity contribution is 5.82. The predicted octanol–water partition coefficient (Wildman–Crippen LogP) is 1.74. The van der Waals surface area contributed by atoms with E-state index in [4.69, 9.17) is 4.74 Å². The summed E-state index contributed by atoms with van der Waals surface area (Å²) in [5.74, 6) is -2.37. The van der Waals surface area contributed by atoms with E-state index < -0.39 is 24.9 Å². The van der Waals surface area contributed by atoms with Crippen molar-refractivity contribution >= 4 is 5.91 Å². The zero-order valence-corrected chi connectivity index (χ0v) is 12.0. The van der Waals surface area contributed by atoms with Crippen LogP contribution >= 0.6 is 0 Å². The largest absolute Gasteiger partial charge is 0.494 e. The summed E-state index contributed by atoms with van der Waals surface area (Å²) < 4.78 is 31.5. The lowest BCUT2D eigenvalue weighted by Gasteiger charge is -2.13. The minimum Gasteiger partial charge on any atom is -0.494 e. The molecule has 1 atom stereocenters. The first kappa shape index (κ1) is 15.7. The fourth-order valence-electron chi connectivity index (χ4n) is 2.35. The fraction of sp³-hybridized carbons (Fsp3) is 0.533. The van der Waals surface area contributed by atoms with Crippen LogP contribution in [-0.2, 0) is 11.2 Å². The highest BCUT2D eigenvalue weighted by Crippen LogP contribution is 2.25. The summed E-state index contributed by atoms with van der Waals surface area (Å²) in [4.78, 5) is 11.8. The first-order valence-corrected chi connectivity index (χ1v) is 7.11. The van der Waals surface area contributed by atoms with Crippen molar-refractivity contribution in [3.63, 3.8) is 0 Å². The van der Waals surface area contributed by atoms with E-state index in [0.717, 1.165) is 11.3 Å². The Morgan fingerprint density at radius 3 is 2.90 bits per heavy atom. The van der Waals surface area contributed by atoms with Gasteiger partial charge in [-0.05, 0) is 25.0 Å². The summed E-state index contributed by atoms with van der Waals surface area (Å²) in [7, 11) is 0.